The standard InChI is InChI=1S/C11H7F3N2O/c12-11(13,14)10-9(6-16(7-17)15-10)8-4-2-1-3-5-8/h1-7H. The van der Waals surface area contributed by atoms with E-state index in [1.807, 2.05) is 0 Å². The van der Waals surface area contributed by atoms with E-state index in [4.69, 9.17) is 0 Å². The van der Waals surface area contributed by atoms with Crippen LogP contribution >= 0.6 is 0 Å². The molecule has 0 unspecified atom stereocenters. The van der Waals surface area contributed by atoms with Crippen LogP contribution in [0.3, 0.4) is 0 Å². The van der Waals surface area contributed by atoms with Crippen molar-refractivity contribution in [2.45, 2.75) is 6.18 Å². The number of benzene rings is 1. The molecular weight excluding hydrogens is 233 g/mol. The quantitative estimate of drug-likeness (QED) is 0.756. The third-order valence-corrected chi connectivity index (χ3v) is 2.19. The maximum Gasteiger partial charge on any atom is 0.435 e. The number of rotatable bonds is 2. The average Bonchev–Trinajstić information content (AvgIpc) is 2.74. The van der Waals surface area contributed by atoms with Crippen LogP contribution in [0, 0.1) is 0 Å². The fraction of sp³-hybridized carbons (Fsp3) is 0.0909. The highest BCUT2D eigenvalue weighted by Crippen LogP contribution is 2.35. The van der Waals surface area contributed by atoms with Crippen molar-refractivity contribution in [3.63, 3.8) is 0 Å². The molecule has 3 nitrogen and oxygen atoms in total. The Morgan fingerprint density at radius 3 is 2.35 bits per heavy atom. The van der Waals surface area contributed by atoms with Crippen molar-refractivity contribution in [3.8, 4) is 11.1 Å². The van der Waals surface area contributed by atoms with E-state index in [1.165, 1.54) is 12.1 Å². The predicted molar refractivity (Wildman–Crippen MR) is 54.8 cm³/mol. The molecule has 0 spiro atoms. The molecule has 2 aromatic rings. The lowest BCUT2D eigenvalue weighted by Crippen LogP contribution is -2.08. The molecule has 2 rings (SSSR count). The Kier molecular flexibility index (Phi) is 2.71. The number of aromatic nitrogens is 2. The van der Waals surface area contributed by atoms with Crippen LogP contribution in [0.5, 0.6) is 0 Å². The number of carbonyl (C=O) groups is 1. The second-order valence-electron chi connectivity index (χ2n) is 3.34. The van der Waals surface area contributed by atoms with Gasteiger partial charge in [-0.25, -0.2) is 4.68 Å². The van der Waals surface area contributed by atoms with Gasteiger partial charge >= 0.3 is 6.18 Å². The highest BCUT2D eigenvalue weighted by molar-refractivity contribution is 5.68. The van der Waals surface area contributed by atoms with Gasteiger partial charge in [0, 0.05) is 11.8 Å². The molecule has 0 fully saturated rings. The van der Waals surface area contributed by atoms with Crippen molar-refractivity contribution in [2.24, 2.45) is 0 Å². The van der Waals surface area contributed by atoms with E-state index in [0.29, 0.717) is 10.2 Å². The maximum absolute atomic E-state index is 12.7. The second kappa shape index (κ2) is 4.04. The van der Waals surface area contributed by atoms with Crippen LogP contribution < -0.4 is 0 Å². The molecule has 0 amide bonds. The lowest BCUT2D eigenvalue weighted by Gasteiger charge is -2.05. The van der Waals surface area contributed by atoms with Crippen molar-refractivity contribution >= 4 is 6.41 Å². The molecule has 0 aliphatic carbocycles. The first-order valence-corrected chi connectivity index (χ1v) is 4.69. The van der Waals surface area contributed by atoms with Crippen LogP contribution in [0.1, 0.15) is 5.69 Å². The Balaban J connectivity index is 2.61. The molecule has 88 valence electrons. The summed E-state index contributed by atoms with van der Waals surface area (Å²) in [6.45, 7) is 0. The van der Waals surface area contributed by atoms with Gasteiger partial charge in [0.25, 0.3) is 0 Å². The summed E-state index contributed by atoms with van der Waals surface area (Å²) >= 11 is 0. The van der Waals surface area contributed by atoms with Gasteiger partial charge in [0.15, 0.2) is 5.69 Å². The summed E-state index contributed by atoms with van der Waals surface area (Å²) in [7, 11) is 0. The van der Waals surface area contributed by atoms with Crippen LogP contribution in [0.15, 0.2) is 36.5 Å². The predicted octanol–water partition coefficient (Wildman–Crippen LogP) is 2.61. The first kappa shape index (κ1) is 11.4. The third-order valence-electron chi connectivity index (χ3n) is 2.19. The summed E-state index contributed by atoms with van der Waals surface area (Å²) in [5.41, 5.74) is -0.797. The Bertz CT molecular complexity index is 531. The minimum atomic E-state index is -4.58. The molecule has 0 atom stereocenters. The molecule has 1 aromatic heterocycles. The summed E-state index contributed by atoms with van der Waals surface area (Å²) in [5, 5.41) is 3.20. The second-order valence-corrected chi connectivity index (χ2v) is 3.34. The van der Waals surface area contributed by atoms with Gasteiger partial charge in [-0.1, -0.05) is 30.3 Å². The smallest absolute Gasteiger partial charge is 0.276 e. The average molecular weight is 240 g/mol. The SMILES string of the molecule is O=Cn1cc(-c2ccccc2)c(C(F)(F)F)n1. The van der Waals surface area contributed by atoms with Gasteiger partial charge in [-0.2, -0.15) is 18.3 Å². The summed E-state index contributed by atoms with van der Waals surface area (Å²) in [5.74, 6) is 0. The van der Waals surface area contributed by atoms with E-state index in [1.54, 1.807) is 18.2 Å². The summed E-state index contributed by atoms with van der Waals surface area (Å²) < 4.78 is 38.7. The zero-order valence-corrected chi connectivity index (χ0v) is 8.48. The fourth-order valence-corrected chi connectivity index (χ4v) is 1.48. The number of carbonyl (C=O) groups excluding carboxylic acids is 1. The number of alkyl halides is 3. The van der Waals surface area contributed by atoms with Crippen molar-refractivity contribution < 1.29 is 18.0 Å². The molecule has 1 heterocycles. The lowest BCUT2D eigenvalue weighted by molar-refractivity contribution is -0.140. The maximum atomic E-state index is 12.7. The van der Waals surface area contributed by atoms with Gasteiger partial charge in [-0.05, 0) is 5.56 Å². The Morgan fingerprint density at radius 1 is 1.18 bits per heavy atom. The minimum Gasteiger partial charge on any atom is -0.276 e. The largest absolute Gasteiger partial charge is 0.435 e. The Morgan fingerprint density at radius 2 is 1.82 bits per heavy atom. The molecule has 1 aromatic carbocycles. The van der Waals surface area contributed by atoms with Crippen molar-refractivity contribution in [3.05, 3.63) is 42.2 Å². The third kappa shape index (κ3) is 2.20. The topological polar surface area (TPSA) is 34.9 Å². The van der Waals surface area contributed by atoms with E-state index >= 15 is 0 Å². The first-order valence-electron chi connectivity index (χ1n) is 4.69. The van der Waals surface area contributed by atoms with Gasteiger partial charge in [0.05, 0.1) is 0 Å². The van der Waals surface area contributed by atoms with Gasteiger partial charge in [0.2, 0.25) is 6.41 Å². The molecule has 0 bridgehead atoms. The summed E-state index contributed by atoms with van der Waals surface area (Å²) in [6.07, 6.45) is -3.30. The monoisotopic (exact) mass is 240 g/mol. The fourth-order valence-electron chi connectivity index (χ4n) is 1.48. The molecular formula is C11H7F3N2O. The van der Waals surface area contributed by atoms with Crippen molar-refractivity contribution in [1.29, 1.82) is 0 Å². The molecule has 0 aliphatic heterocycles. The summed E-state index contributed by atoms with van der Waals surface area (Å²) in [4.78, 5) is 10.5. The number of halogens is 3. The summed E-state index contributed by atoms with van der Waals surface area (Å²) in [6, 6.07) is 7.99. The molecule has 17 heavy (non-hydrogen) atoms. The lowest BCUT2D eigenvalue weighted by atomic mass is 10.1. The highest BCUT2D eigenvalue weighted by atomic mass is 19.4. The van der Waals surface area contributed by atoms with E-state index < -0.39 is 11.9 Å². The van der Waals surface area contributed by atoms with Crippen LogP contribution in [0.4, 0.5) is 13.2 Å². The van der Waals surface area contributed by atoms with Crippen LogP contribution in [0.25, 0.3) is 11.1 Å². The molecule has 6 heteroatoms. The molecule has 0 saturated carbocycles. The molecule has 0 aliphatic rings. The zero-order chi connectivity index (χ0) is 12.5. The van der Waals surface area contributed by atoms with Crippen LogP contribution in [0.2, 0.25) is 0 Å². The normalized spacial score (nSPS) is 11.5. The zero-order valence-electron chi connectivity index (χ0n) is 8.48. The van der Waals surface area contributed by atoms with Gasteiger partial charge in [-0.3, -0.25) is 4.79 Å². The molecule has 0 radical (unpaired) electrons. The Labute approximate surface area is 94.5 Å². The van der Waals surface area contributed by atoms with E-state index in [2.05, 4.69) is 5.10 Å². The molecule has 0 saturated heterocycles. The molecule has 0 N–H and O–H groups in total. The van der Waals surface area contributed by atoms with Gasteiger partial charge < -0.3 is 0 Å². The number of hydrogen-bond donors (Lipinski definition) is 0. The Hall–Kier alpha value is -2.11. The van der Waals surface area contributed by atoms with Crippen LogP contribution in [-0.2, 0) is 11.0 Å². The highest BCUT2D eigenvalue weighted by Gasteiger charge is 2.37. The number of hydrogen-bond acceptors (Lipinski definition) is 2. The first-order chi connectivity index (χ1) is 8.02. The van der Waals surface area contributed by atoms with Gasteiger partial charge in [-0.15, -0.1) is 0 Å². The minimum absolute atomic E-state index is 0.106. The van der Waals surface area contributed by atoms with Crippen molar-refractivity contribution in [1.82, 2.24) is 9.78 Å². The van der Waals surface area contributed by atoms with Crippen LogP contribution in [-0.4, -0.2) is 16.2 Å². The van der Waals surface area contributed by atoms with E-state index in [0.717, 1.165) is 6.20 Å². The van der Waals surface area contributed by atoms with E-state index in [-0.39, 0.29) is 12.0 Å². The number of nitrogens with zero attached hydrogens (tertiary/aromatic N) is 2. The van der Waals surface area contributed by atoms with Crippen molar-refractivity contribution in [2.75, 3.05) is 0 Å². The van der Waals surface area contributed by atoms with E-state index in [9.17, 15) is 18.0 Å². The van der Waals surface area contributed by atoms with Gasteiger partial charge in [0.1, 0.15) is 0 Å².